The van der Waals surface area contributed by atoms with Crippen molar-refractivity contribution in [3.8, 4) is 11.5 Å². The van der Waals surface area contributed by atoms with Crippen molar-refractivity contribution in [1.82, 2.24) is 5.43 Å². The van der Waals surface area contributed by atoms with Gasteiger partial charge in [-0.25, -0.2) is 13.8 Å². The van der Waals surface area contributed by atoms with Crippen molar-refractivity contribution in [2.24, 2.45) is 5.10 Å². The van der Waals surface area contributed by atoms with Crippen LogP contribution in [0.4, 0.5) is 5.69 Å². The summed E-state index contributed by atoms with van der Waals surface area (Å²) in [6.45, 7) is 7.48. The van der Waals surface area contributed by atoms with Crippen LogP contribution in [0.15, 0.2) is 95.4 Å². The Morgan fingerprint density at radius 1 is 1.06 bits per heavy atom. The van der Waals surface area contributed by atoms with Crippen molar-refractivity contribution in [2.45, 2.75) is 18.7 Å². The number of para-hydroxylation sites is 2. The van der Waals surface area contributed by atoms with E-state index in [-0.39, 0.29) is 10.6 Å². The molecule has 0 heterocycles. The largest absolute Gasteiger partial charge is 0.492 e. The lowest BCUT2D eigenvalue weighted by atomic mass is 10.2. The first-order valence-corrected chi connectivity index (χ1v) is 12.8. The molecule has 188 valence electrons. The zero-order valence-corrected chi connectivity index (χ0v) is 21.1. The lowest BCUT2D eigenvalue weighted by Gasteiger charge is -2.25. The first-order chi connectivity index (χ1) is 17.3. The summed E-state index contributed by atoms with van der Waals surface area (Å²) in [5, 5.41) is 3.98. The molecule has 0 aliphatic rings. The fourth-order valence-electron chi connectivity index (χ4n) is 3.26. The Balaban J connectivity index is 1.84. The number of rotatable bonds is 12. The van der Waals surface area contributed by atoms with Crippen molar-refractivity contribution in [2.75, 3.05) is 24.1 Å². The van der Waals surface area contributed by atoms with E-state index in [0.29, 0.717) is 30.3 Å². The predicted molar refractivity (Wildman–Crippen MR) is 141 cm³/mol. The summed E-state index contributed by atoms with van der Waals surface area (Å²) in [6, 6.07) is 20.3. The molecule has 0 atom stereocenters. The number of carbonyl (C=O) groups excluding carboxylic acids is 1. The topological polar surface area (TPSA) is 97.3 Å². The van der Waals surface area contributed by atoms with Crippen LogP contribution in [0.1, 0.15) is 18.1 Å². The number of nitrogens with one attached hydrogen (secondary N) is 1. The summed E-state index contributed by atoms with van der Waals surface area (Å²) in [4.78, 5) is 12.9. The van der Waals surface area contributed by atoms with Gasteiger partial charge >= 0.3 is 0 Å². The molecule has 36 heavy (non-hydrogen) atoms. The molecule has 0 saturated heterocycles. The highest BCUT2D eigenvalue weighted by molar-refractivity contribution is 7.92. The molecule has 3 aromatic carbocycles. The van der Waals surface area contributed by atoms with Gasteiger partial charge < -0.3 is 9.47 Å². The van der Waals surface area contributed by atoms with Gasteiger partial charge in [0.25, 0.3) is 15.9 Å². The van der Waals surface area contributed by atoms with E-state index in [1.54, 1.807) is 73.7 Å². The number of ether oxygens (including phenoxy) is 2. The normalized spacial score (nSPS) is 11.2. The molecule has 0 bridgehead atoms. The molecular weight excluding hydrogens is 478 g/mol. The van der Waals surface area contributed by atoms with E-state index < -0.39 is 22.5 Å². The first-order valence-electron chi connectivity index (χ1n) is 11.3. The summed E-state index contributed by atoms with van der Waals surface area (Å²) in [6.07, 6.45) is 3.09. The molecule has 3 rings (SSSR count). The minimum Gasteiger partial charge on any atom is -0.492 e. The van der Waals surface area contributed by atoms with Gasteiger partial charge in [0.05, 0.1) is 23.4 Å². The third-order valence-corrected chi connectivity index (χ3v) is 6.73. The van der Waals surface area contributed by atoms with E-state index in [1.165, 1.54) is 18.3 Å². The second-order valence-electron chi connectivity index (χ2n) is 7.69. The Bertz CT molecular complexity index is 1320. The number of amides is 1. The first kappa shape index (κ1) is 26.5. The second-order valence-corrected chi connectivity index (χ2v) is 9.55. The molecule has 8 nitrogen and oxygen atoms in total. The zero-order valence-electron chi connectivity index (χ0n) is 20.3. The number of nitrogens with zero attached hydrogens (tertiary/aromatic N) is 2. The number of hydrogen-bond donors (Lipinski definition) is 1. The quantitative estimate of drug-likeness (QED) is 0.224. The van der Waals surface area contributed by atoms with Gasteiger partial charge in [-0.05, 0) is 55.8 Å². The monoisotopic (exact) mass is 507 g/mol. The Labute approximate surface area is 211 Å². The number of anilines is 1. The summed E-state index contributed by atoms with van der Waals surface area (Å²) in [5.41, 5.74) is 4.28. The van der Waals surface area contributed by atoms with Crippen LogP contribution in [0.3, 0.4) is 0 Å². The molecule has 3 aromatic rings. The van der Waals surface area contributed by atoms with E-state index in [0.717, 1.165) is 9.87 Å². The van der Waals surface area contributed by atoms with E-state index in [2.05, 4.69) is 17.1 Å². The summed E-state index contributed by atoms with van der Waals surface area (Å²) in [5.74, 6) is 0.365. The SMILES string of the molecule is C=CCOc1cccc(/C=N\NC(=O)CN(c2ccccc2OCC)S(=O)(=O)c2ccc(C)cc2)c1. The Morgan fingerprint density at radius 3 is 2.53 bits per heavy atom. The maximum Gasteiger partial charge on any atom is 0.264 e. The Kier molecular flexibility index (Phi) is 9.24. The molecule has 0 fully saturated rings. The minimum absolute atomic E-state index is 0.0621. The summed E-state index contributed by atoms with van der Waals surface area (Å²) in [7, 11) is -4.08. The van der Waals surface area contributed by atoms with Crippen molar-refractivity contribution in [1.29, 1.82) is 0 Å². The highest BCUT2D eigenvalue weighted by Crippen LogP contribution is 2.32. The highest BCUT2D eigenvalue weighted by atomic mass is 32.2. The summed E-state index contributed by atoms with van der Waals surface area (Å²) < 4.78 is 39.3. The van der Waals surface area contributed by atoms with Crippen molar-refractivity contribution in [3.63, 3.8) is 0 Å². The number of hydrazone groups is 1. The Morgan fingerprint density at radius 2 is 1.81 bits per heavy atom. The van der Waals surface area contributed by atoms with Crippen LogP contribution in [-0.2, 0) is 14.8 Å². The molecule has 0 aliphatic heterocycles. The maximum absolute atomic E-state index is 13.6. The molecule has 0 saturated carbocycles. The fraction of sp³-hybridized carbons (Fsp3) is 0.185. The van der Waals surface area contributed by atoms with Crippen LogP contribution in [0.2, 0.25) is 0 Å². The van der Waals surface area contributed by atoms with E-state index >= 15 is 0 Å². The molecule has 0 aromatic heterocycles. The maximum atomic E-state index is 13.6. The third-order valence-electron chi connectivity index (χ3n) is 4.96. The van der Waals surface area contributed by atoms with Gasteiger partial charge in [0.15, 0.2) is 0 Å². The fourth-order valence-corrected chi connectivity index (χ4v) is 4.69. The molecule has 0 unspecified atom stereocenters. The minimum atomic E-state index is -4.08. The van der Waals surface area contributed by atoms with Gasteiger partial charge in [-0.3, -0.25) is 9.10 Å². The lowest BCUT2D eigenvalue weighted by molar-refractivity contribution is -0.119. The van der Waals surface area contributed by atoms with E-state index in [9.17, 15) is 13.2 Å². The van der Waals surface area contributed by atoms with E-state index in [4.69, 9.17) is 9.47 Å². The molecule has 0 aliphatic carbocycles. The number of carbonyl (C=O) groups is 1. The lowest BCUT2D eigenvalue weighted by Crippen LogP contribution is -2.39. The molecule has 0 radical (unpaired) electrons. The Hall–Kier alpha value is -4.11. The molecule has 1 amide bonds. The smallest absolute Gasteiger partial charge is 0.264 e. The summed E-state index contributed by atoms with van der Waals surface area (Å²) >= 11 is 0. The standard InChI is InChI=1S/C27H29N3O5S/c1-4-17-35-23-10-8-9-22(18-23)19-28-29-27(31)20-30(25-11-6-7-12-26(25)34-5-2)36(32,33)24-15-13-21(3)14-16-24/h4,6-16,18-19H,1,5,17,20H2,2-3H3,(H,29,31)/b28-19-. The van der Waals surface area contributed by atoms with Crippen LogP contribution in [0.25, 0.3) is 0 Å². The molecule has 9 heteroatoms. The van der Waals surface area contributed by atoms with Crippen LogP contribution < -0.4 is 19.2 Å². The van der Waals surface area contributed by atoms with Gasteiger partial charge in [0.1, 0.15) is 24.7 Å². The van der Waals surface area contributed by atoms with Gasteiger partial charge in [0.2, 0.25) is 0 Å². The average Bonchev–Trinajstić information content (AvgIpc) is 2.87. The van der Waals surface area contributed by atoms with Gasteiger partial charge in [0, 0.05) is 0 Å². The average molecular weight is 508 g/mol. The predicted octanol–water partition coefficient (Wildman–Crippen LogP) is 4.30. The highest BCUT2D eigenvalue weighted by Gasteiger charge is 2.29. The molecule has 1 N–H and O–H groups in total. The molecular formula is C27H29N3O5S. The van der Waals surface area contributed by atoms with Crippen LogP contribution in [-0.4, -0.2) is 40.3 Å². The van der Waals surface area contributed by atoms with Crippen molar-refractivity contribution < 1.29 is 22.7 Å². The molecule has 0 spiro atoms. The number of aryl methyl sites for hydroxylation is 1. The van der Waals surface area contributed by atoms with Crippen LogP contribution in [0.5, 0.6) is 11.5 Å². The number of hydrogen-bond acceptors (Lipinski definition) is 6. The second kappa shape index (κ2) is 12.6. The van der Waals surface area contributed by atoms with Crippen molar-refractivity contribution >= 4 is 27.8 Å². The van der Waals surface area contributed by atoms with Gasteiger partial charge in [-0.2, -0.15) is 5.10 Å². The zero-order chi connectivity index (χ0) is 26.0. The van der Waals surface area contributed by atoms with Gasteiger partial charge in [-0.1, -0.05) is 54.6 Å². The van der Waals surface area contributed by atoms with Gasteiger partial charge in [-0.15, -0.1) is 0 Å². The van der Waals surface area contributed by atoms with E-state index in [1.807, 2.05) is 6.92 Å². The van der Waals surface area contributed by atoms with Crippen molar-refractivity contribution in [3.05, 3.63) is 96.6 Å². The van der Waals surface area contributed by atoms with Crippen LogP contribution >= 0.6 is 0 Å². The van der Waals surface area contributed by atoms with Crippen LogP contribution in [0, 0.1) is 6.92 Å². The third kappa shape index (κ3) is 6.96. The number of sulfonamides is 1. The number of benzene rings is 3.